The number of benzene rings is 4. The number of aryl methyl sites for hydroxylation is 8. The van der Waals surface area contributed by atoms with Crippen molar-refractivity contribution >= 4 is 22.1 Å². The second kappa shape index (κ2) is 9.48. The van der Waals surface area contributed by atoms with Crippen molar-refractivity contribution in [2.45, 2.75) is 54.6 Å². The molecule has 0 fully saturated rings. The van der Waals surface area contributed by atoms with E-state index in [9.17, 15) is 0 Å². The second-order valence-electron chi connectivity index (χ2n) is 11.8. The first-order chi connectivity index (χ1) is 20.2. The van der Waals surface area contributed by atoms with Crippen molar-refractivity contribution in [1.82, 2.24) is 19.1 Å². The molecule has 7 rings (SSSR count). The van der Waals surface area contributed by atoms with Crippen LogP contribution in [0.2, 0.25) is 0 Å². The maximum absolute atomic E-state index is 5.55. The molecule has 0 atom stereocenters. The Morgan fingerprint density at radius 1 is 0.524 bits per heavy atom. The molecule has 212 valence electrons. The zero-order chi connectivity index (χ0) is 29.4. The van der Waals surface area contributed by atoms with Crippen LogP contribution in [0.5, 0.6) is 11.5 Å². The molecule has 6 heteroatoms. The second-order valence-corrected chi connectivity index (χ2v) is 11.8. The summed E-state index contributed by atoms with van der Waals surface area (Å²) in [7, 11) is 3.44. The number of rotatable bonds is 4. The normalized spacial score (nSPS) is 12.6. The van der Waals surface area contributed by atoms with Crippen molar-refractivity contribution in [2.24, 2.45) is 0 Å². The van der Waals surface area contributed by atoms with Gasteiger partial charge in [-0.05, 0) is 135 Å². The van der Waals surface area contributed by atoms with Crippen LogP contribution in [0, 0.1) is 41.5 Å². The third kappa shape index (κ3) is 3.85. The van der Waals surface area contributed by atoms with Crippen LogP contribution < -0.4 is 9.47 Å². The molecule has 0 aliphatic carbocycles. The van der Waals surface area contributed by atoms with Gasteiger partial charge in [-0.1, -0.05) is 0 Å². The number of hydrogen-bond donors (Lipinski definition) is 0. The molecule has 4 aromatic carbocycles. The van der Waals surface area contributed by atoms with Crippen LogP contribution in [-0.4, -0.2) is 33.3 Å². The van der Waals surface area contributed by atoms with Crippen molar-refractivity contribution < 1.29 is 9.47 Å². The molecule has 2 aromatic heterocycles. The standard InChI is InChI=1S/C36H36N4O2/c1-19-11-27(31-21(3)15-25(41-7)16-22(31)4)33-29(13-19)39-9-10-40-30-14-20(2)12-28(34(30)38-36(40)35(39)37-33)32-23(5)17-26(42-8)18-24(32)6/h11-18H,9-10H2,1-8H3. The van der Waals surface area contributed by atoms with E-state index in [0.717, 1.165) is 69.4 Å². The molecule has 1 aliphatic rings. The highest BCUT2D eigenvalue weighted by Gasteiger charge is 2.28. The fraction of sp³-hybridized carbons (Fsp3) is 0.278. The zero-order valence-corrected chi connectivity index (χ0v) is 25.6. The lowest BCUT2D eigenvalue weighted by molar-refractivity contribution is 0.414. The van der Waals surface area contributed by atoms with Gasteiger partial charge in [-0.3, -0.25) is 0 Å². The Balaban J connectivity index is 1.48. The van der Waals surface area contributed by atoms with Crippen LogP contribution >= 0.6 is 0 Å². The molecule has 0 N–H and O–H groups in total. The number of nitrogens with zero attached hydrogens (tertiary/aromatic N) is 4. The van der Waals surface area contributed by atoms with E-state index in [0.29, 0.717) is 0 Å². The summed E-state index contributed by atoms with van der Waals surface area (Å²) in [5.74, 6) is 3.61. The van der Waals surface area contributed by atoms with E-state index in [2.05, 4.69) is 99.2 Å². The fourth-order valence-electron chi connectivity index (χ4n) is 7.03. The number of fused-ring (bicyclic) bond motifs is 7. The summed E-state index contributed by atoms with van der Waals surface area (Å²) in [6.45, 7) is 14.6. The summed E-state index contributed by atoms with van der Waals surface area (Å²) < 4.78 is 15.8. The SMILES string of the molecule is COc1cc(C)c(-c2cc(C)cc3c2nc2n3CCn3c-2nc2c(-c4c(C)cc(OC)cc4C)cc(C)cc23)c(C)c1. The van der Waals surface area contributed by atoms with Crippen LogP contribution in [0.1, 0.15) is 33.4 Å². The first kappa shape index (κ1) is 26.3. The maximum atomic E-state index is 5.55. The maximum Gasteiger partial charge on any atom is 0.177 e. The lowest BCUT2D eigenvalue weighted by atomic mass is 9.93. The number of ether oxygens (including phenoxy) is 2. The van der Waals surface area contributed by atoms with Crippen LogP contribution in [0.15, 0.2) is 48.5 Å². The minimum atomic E-state index is 0.845. The van der Waals surface area contributed by atoms with Crippen LogP contribution in [0.25, 0.3) is 56.0 Å². The molecule has 42 heavy (non-hydrogen) atoms. The van der Waals surface area contributed by atoms with Gasteiger partial charge >= 0.3 is 0 Å². The minimum Gasteiger partial charge on any atom is -0.497 e. The highest BCUT2D eigenvalue weighted by molar-refractivity contribution is 5.99. The smallest absolute Gasteiger partial charge is 0.177 e. The molecule has 3 heterocycles. The number of hydrogen-bond acceptors (Lipinski definition) is 4. The summed E-state index contributed by atoms with van der Waals surface area (Å²) in [4.78, 5) is 10.7. The Hall–Kier alpha value is -4.58. The first-order valence-corrected chi connectivity index (χ1v) is 14.5. The highest BCUT2D eigenvalue weighted by Crippen LogP contribution is 2.42. The molecule has 0 unspecified atom stereocenters. The molecule has 0 radical (unpaired) electrons. The van der Waals surface area contributed by atoms with Gasteiger partial charge in [0.05, 0.1) is 36.3 Å². The van der Waals surface area contributed by atoms with Gasteiger partial charge in [0, 0.05) is 24.2 Å². The Labute approximate surface area is 246 Å². The number of aromatic nitrogens is 4. The van der Waals surface area contributed by atoms with E-state index in [1.54, 1.807) is 14.2 Å². The van der Waals surface area contributed by atoms with E-state index < -0.39 is 0 Å². The Morgan fingerprint density at radius 3 is 1.21 bits per heavy atom. The Morgan fingerprint density at radius 2 is 0.881 bits per heavy atom. The largest absolute Gasteiger partial charge is 0.497 e. The van der Waals surface area contributed by atoms with Gasteiger partial charge in [-0.25, -0.2) is 9.97 Å². The number of imidazole rings is 2. The molecule has 0 saturated heterocycles. The molecule has 6 aromatic rings. The van der Waals surface area contributed by atoms with Gasteiger partial charge in [0.1, 0.15) is 11.5 Å². The summed E-state index contributed by atoms with van der Waals surface area (Å²) >= 11 is 0. The molecule has 0 amide bonds. The number of methoxy groups -OCH3 is 2. The quantitative estimate of drug-likeness (QED) is 0.219. The predicted octanol–water partition coefficient (Wildman–Crippen LogP) is 8.27. The minimum absolute atomic E-state index is 0.845. The summed E-state index contributed by atoms with van der Waals surface area (Å²) in [6, 6.07) is 17.5. The third-order valence-electron chi connectivity index (χ3n) is 8.77. The van der Waals surface area contributed by atoms with Gasteiger partial charge in [0.2, 0.25) is 0 Å². The average Bonchev–Trinajstić information content (AvgIpc) is 3.50. The van der Waals surface area contributed by atoms with Gasteiger partial charge in [-0.15, -0.1) is 0 Å². The van der Waals surface area contributed by atoms with E-state index in [1.165, 1.54) is 44.5 Å². The van der Waals surface area contributed by atoms with Crippen molar-refractivity contribution in [3.05, 3.63) is 81.9 Å². The highest BCUT2D eigenvalue weighted by atomic mass is 16.5. The third-order valence-corrected chi connectivity index (χ3v) is 8.77. The van der Waals surface area contributed by atoms with E-state index in [1.807, 2.05) is 0 Å². The van der Waals surface area contributed by atoms with E-state index in [4.69, 9.17) is 19.4 Å². The van der Waals surface area contributed by atoms with E-state index in [-0.39, 0.29) is 0 Å². The summed E-state index contributed by atoms with van der Waals surface area (Å²) in [6.07, 6.45) is 0. The van der Waals surface area contributed by atoms with Crippen molar-refractivity contribution in [2.75, 3.05) is 14.2 Å². The molecule has 6 nitrogen and oxygen atoms in total. The Kier molecular flexibility index (Phi) is 5.94. The molecule has 0 bridgehead atoms. The van der Waals surface area contributed by atoms with Gasteiger partial charge < -0.3 is 18.6 Å². The zero-order valence-electron chi connectivity index (χ0n) is 25.6. The molecule has 1 aliphatic heterocycles. The molecular weight excluding hydrogens is 520 g/mol. The first-order valence-electron chi connectivity index (χ1n) is 14.5. The fourth-order valence-corrected chi connectivity index (χ4v) is 7.03. The van der Waals surface area contributed by atoms with E-state index >= 15 is 0 Å². The topological polar surface area (TPSA) is 54.1 Å². The van der Waals surface area contributed by atoms with Gasteiger partial charge in [0.25, 0.3) is 0 Å². The monoisotopic (exact) mass is 556 g/mol. The average molecular weight is 557 g/mol. The van der Waals surface area contributed by atoms with Crippen LogP contribution in [-0.2, 0) is 13.1 Å². The van der Waals surface area contributed by atoms with Crippen molar-refractivity contribution in [1.29, 1.82) is 0 Å². The Bertz CT molecular complexity index is 1880. The summed E-state index contributed by atoms with van der Waals surface area (Å²) in [5.41, 5.74) is 16.3. The molecule has 0 saturated carbocycles. The lowest BCUT2D eigenvalue weighted by Crippen LogP contribution is -2.16. The van der Waals surface area contributed by atoms with Gasteiger partial charge in [-0.2, -0.15) is 0 Å². The lowest BCUT2D eigenvalue weighted by Gasteiger charge is -2.18. The van der Waals surface area contributed by atoms with Gasteiger partial charge in [0.15, 0.2) is 11.6 Å². The van der Waals surface area contributed by atoms with Crippen molar-refractivity contribution in [3.8, 4) is 45.4 Å². The van der Waals surface area contributed by atoms with Crippen LogP contribution in [0.4, 0.5) is 0 Å². The van der Waals surface area contributed by atoms with Crippen LogP contribution in [0.3, 0.4) is 0 Å². The molecular formula is C36H36N4O2. The molecule has 0 spiro atoms. The summed E-state index contributed by atoms with van der Waals surface area (Å²) in [5, 5.41) is 0. The predicted molar refractivity (Wildman–Crippen MR) is 171 cm³/mol. The van der Waals surface area contributed by atoms with Crippen molar-refractivity contribution in [3.63, 3.8) is 0 Å².